The van der Waals surface area contributed by atoms with Crippen LogP contribution in [0.4, 0.5) is 0 Å². The van der Waals surface area contributed by atoms with E-state index in [1.165, 1.54) is 0 Å². The van der Waals surface area contributed by atoms with Gasteiger partial charge in [-0.2, -0.15) is 0 Å². The molecule has 0 spiro atoms. The minimum absolute atomic E-state index is 0.0665. The van der Waals surface area contributed by atoms with Gasteiger partial charge in [0.05, 0.1) is 12.1 Å². The molecule has 1 heterocycles. The van der Waals surface area contributed by atoms with Crippen LogP contribution in [0.5, 0.6) is 0 Å². The minimum atomic E-state index is -0.482. The van der Waals surface area contributed by atoms with Gasteiger partial charge in [-0.05, 0) is 18.8 Å². The summed E-state index contributed by atoms with van der Waals surface area (Å²) in [5.41, 5.74) is 11.3. The Morgan fingerprint density at radius 3 is 2.60 bits per heavy atom. The van der Waals surface area contributed by atoms with Gasteiger partial charge in [-0.25, -0.2) is 0 Å². The molecule has 0 aromatic rings. The molecule has 1 aliphatic heterocycles. The topological polar surface area (TPSA) is 96.2 Å². The lowest BCUT2D eigenvalue weighted by Gasteiger charge is -2.27. The third-order valence-electron chi connectivity index (χ3n) is 2.90. The van der Waals surface area contributed by atoms with Crippen LogP contribution in [0, 0.1) is 11.3 Å². The molecule has 86 valence electrons. The Hall–Kier alpha value is -1.10. The molecule has 1 saturated heterocycles. The molecule has 0 aromatic heterocycles. The summed E-state index contributed by atoms with van der Waals surface area (Å²) in [5, 5.41) is 7.41. The second-order valence-corrected chi connectivity index (χ2v) is 4.41. The van der Waals surface area contributed by atoms with Gasteiger partial charge in [-0.1, -0.05) is 13.8 Å². The maximum absolute atomic E-state index is 12.0. The van der Waals surface area contributed by atoms with E-state index in [0.717, 1.165) is 12.8 Å². The lowest BCUT2D eigenvalue weighted by Crippen LogP contribution is -2.51. The largest absolute Gasteiger partial charge is 0.386 e. The highest BCUT2D eigenvalue weighted by molar-refractivity contribution is 5.90. The number of amides is 1. The zero-order valence-electron chi connectivity index (χ0n) is 9.36. The lowest BCUT2D eigenvalue weighted by atomic mass is 10.0. The summed E-state index contributed by atoms with van der Waals surface area (Å²) in [6.45, 7) is 4.51. The second kappa shape index (κ2) is 4.61. The molecule has 5 heteroatoms. The summed E-state index contributed by atoms with van der Waals surface area (Å²) in [6.07, 6.45) is 1.69. The van der Waals surface area contributed by atoms with E-state index in [1.807, 2.05) is 13.8 Å². The monoisotopic (exact) mass is 212 g/mol. The first-order chi connectivity index (χ1) is 6.95. The van der Waals surface area contributed by atoms with Crippen molar-refractivity contribution in [2.24, 2.45) is 17.4 Å². The second-order valence-electron chi connectivity index (χ2n) is 4.41. The van der Waals surface area contributed by atoms with Crippen LogP contribution in [0.2, 0.25) is 0 Å². The number of carbonyl (C=O) groups excluding carboxylic acids is 1. The number of nitrogens with zero attached hydrogens (tertiary/aromatic N) is 1. The molecule has 0 radical (unpaired) electrons. The summed E-state index contributed by atoms with van der Waals surface area (Å²) >= 11 is 0. The first-order valence-corrected chi connectivity index (χ1v) is 5.35. The first kappa shape index (κ1) is 12.0. The number of hydrogen-bond donors (Lipinski definition) is 3. The quantitative estimate of drug-likeness (QED) is 0.450. The Kier molecular flexibility index (Phi) is 3.68. The molecule has 1 fully saturated rings. The molecule has 5 N–H and O–H groups in total. The predicted octanol–water partition coefficient (Wildman–Crippen LogP) is -0.103. The highest BCUT2D eigenvalue weighted by Gasteiger charge is 2.34. The minimum Gasteiger partial charge on any atom is -0.386 e. The fourth-order valence-corrected chi connectivity index (χ4v) is 1.83. The first-order valence-electron chi connectivity index (χ1n) is 5.35. The van der Waals surface area contributed by atoms with Crippen molar-refractivity contribution < 1.29 is 4.79 Å². The average Bonchev–Trinajstić information content (AvgIpc) is 2.63. The van der Waals surface area contributed by atoms with Gasteiger partial charge in [0.1, 0.15) is 5.84 Å². The molecule has 0 saturated carbocycles. The molecule has 1 rings (SSSR count). The molecule has 2 atom stereocenters. The van der Waals surface area contributed by atoms with Crippen molar-refractivity contribution in [3.05, 3.63) is 0 Å². The van der Waals surface area contributed by atoms with Gasteiger partial charge in [-0.15, -0.1) is 0 Å². The Bertz CT molecular complexity index is 264. The van der Waals surface area contributed by atoms with Crippen LogP contribution < -0.4 is 11.5 Å². The van der Waals surface area contributed by atoms with E-state index in [0.29, 0.717) is 6.54 Å². The van der Waals surface area contributed by atoms with Crippen molar-refractivity contribution >= 4 is 11.7 Å². The Morgan fingerprint density at radius 1 is 1.53 bits per heavy atom. The molecule has 0 aromatic carbocycles. The maximum atomic E-state index is 12.0. The SMILES string of the molecule is CC(C)[C@@H](N)C(=O)N1CCCC1C(=N)N. The Balaban J connectivity index is 2.70. The fraction of sp³-hybridized carbons (Fsp3) is 0.800. The zero-order valence-corrected chi connectivity index (χ0v) is 9.36. The fourth-order valence-electron chi connectivity index (χ4n) is 1.83. The van der Waals surface area contributed by atoms with Gasteiger partial charge in [-0.3, -0.25) is 10.2 Å². The van der Waals surface area contributed by atoms with Crippen LogP contribution in [0.1, 0.15) is 26.7 Å². The number of hydrogen-bond acceptors (Lipinski definition) is 3. The molecule has 1 amide bonds. The number of rotatable bonds is 3. The lowest BCUT2D eigenvalue weighted by molar-refractivity contribution is -0.133. The number of nitrogens with two attached hydrogens (primary N) is 2. The summed E-state index contributed by atoms with van der Waals surface area (Å²) in [5.74, 6) is 0.102. The van der Waals surface area contributed by atoms with E-state index in [9.17, 15) is 4.79 Å². The molecule has 0 aliphatic carbocycles. The van der Waals surface area contributed by atoms with Crippen molar-refractivity contribution in [2.45, 2.75) is 38.8 Å². The van der Waals surface area contributed by atoms with Crippen LogP contribution in [-0.4, -0.2) is 35.3 Å². The average molecular weight is 212 g/mol. The number of nitrogens with one attached hydrogen (secondary N) is 1. The van der Waals surface area contributed by atoms with Gasteiger partial charge in [0.15, 0.2) is 0 Å². The van der Waals surface area contributed by atoms with Crippen molar-refractivity contribution in [1.82, 2.24) is 4.90 Å². The van der Waals surface area contributed by atoms with Gasteiger partial charge in [0.2, 0.25) is 5.91 Å². The number of likely N-dealkylation sites (tertiary alicyclic amines) is 1. The molecule has 5 nitrogen and oxygen atoms in total. The molecular weight excluding hydrogens is 192 g/mol. The van der Waals surface area contributed by atoms with Crippen LogP contribution in [-0.2, 0) is 4.79 Å². The highest BCUT2D eigenvalue weighted by atomic mass is 16.2. The van der Waals surface area contributed by atoms with Crippen LogP contribution in [0.15, 0.2) is 0 Å². The standard InChI is InChI=1S/C10H20N4O/c1-6(2)8(11)10(15)14-5-3-4-7(14)9(12)13/h6-8H,3-5,11H2,1-2H3,(H3,12,13)/t7?,8-/m1/s1. The predicted molar refractivity (Wildman–Crippen MR) is 59.5 cm³/mol. The summed E-state index contributed by atoms with van der Waals surface area (Å²) in [6, 6.07) is -0.716. The van der Waals surface area contributed by atoms with E-state index < -0.39 is 6.04 Å². The maximum Gasteiger partial charge on any atom is 0.240 e. The van der Waals surface area contributed by atoms with Gasteiger partial charge in [0.25, 0.3) is 0 Å². The summed E-state index contributed by atoms with van der Waals surface area (Å²) < 4.78 is 0. The van der Waals surface area contributed by atoms with Crippen molar-refractivity contribution in [3.8, 4) is 0 Å². The zero-order chi connectivity index (χ0) is 11.6. The normalized spacial score (nSPS) is 23.2. The Labute approximate surface area is 90.3 Å². The van der Waals surface area contributed by atoms with Crippen LogP contribution in [0.3, 0.4) is 0 Å². The molecule has 15 heavy (non-hydrogen) atoms. The molecule has 1 aliphatic rings. The van der Waals surface area contributed by atoms with Crippen molar-refractivity contribution in [1.29, 1.82) is 5.41 Å². The Morgan fingerprint density at radius 2 is 2.13 bits per heavy atom. The highest BCUT2D eigenvalue weighted by Crippen LogP contribution is 2.19. The van der Waals surface area contributed by atoms with Gasteiger partial charge >= 0.3 is 0 Å². The van der Waals surface area contributed by atoms with E-state index in [2.05, 4.69) is 0 Å². The van der Waals surface area contributed by atoms with E-state index in [4.69, 9.17) is 16.9 Å². The molecule has 1 unspecified atom stereocenters. The van der Waals surface area contributed by atoms with E-state index in [-0.39, 0.29) is 23.7 Å². The van der Waals surface area contributed by atoms with Crippen molar-refractivity contribution in [2.75, 3.05) is 6.54 Å². The van der Waals surface area contributed by atoms with Gasteiger partial charge < -0.3 is 16.4 Å². The van der Waals surface area contributed by atoms with E-state index >= 15 is 0 Å². The van der Waals surface area contributed by atoms with Gasteiger partial charge in [0, 0.05) is 6.54 Å². The molecular formula is C10H20N4O. The molecule has 0 bridgehead atoms. The van der Waals surface area contributed by atoms with Crippen molar-refractivity contribution in [3.63, 3.8) is 0 Å². The van der Waals surface area contributed by atoms with E-state index in [1.54, 1.807) is 4.90 Å². The number of carbonyl (C=O) groups is 1. The summed E-state index contributed by atoms with van der Waals surface area (Å²) in [4.78, 5) is 13.6. The third-order valence-corrected chi connectivity index (χ3v) is 2.90. The summed E-state index contributed by atoms with van der Waals surface area (Å²) in [7, 11) is 0. The third kappa shape index (κ3) is 2.47. The number of amidine groups is 1. The van der Waals surface area contributed by atoms with Crippen LogP contribution >= 0.6 is 0 Å². The van der Waals surface area contributed by atoms with Crippen LogP contribution in [0.25, 0.3) is 0 Å². The smallest absolute Gasteiger partial charge is 0.240 e.